The fourth-order valence-electron chi connectivity index (χ4n) is 4.04. The number of ether oxygens (including phenoxy) is 2. The van der Waals surface area contributed by atoms with Crippen molar-refractivity contribution in [1.29, 1.82) is 0 Å². The first-order chi connectivity index (χ1) is 16.3. The lowest BCUT2D eigenvalue weighted by Crippen LogP contribution is -2.40. The summed E-state index contributed by atoms with van der Waals surface area (Å²) in [5.74, 6) is 0.133. The van der Waals surface area contributed by atoms with Gasteiger partial charge in [0.1, 0.15) is 11.8 Å². The molecule has 0 bridgehead atoms. The Labute approximate surface area is 202 Å². The molecule has 0 amide bonds. The first-order valence-electron chi connectivity index (χ1n) is 11.3. The van der Waals surface area contributed by atoms with Gasteiger partial charge in [0.25, 0.3) is 5.56 Å². The van der Waals surface area contributed by atoms with Crippen LogP contribution in [0.4, 0.5) is 0 Å². The monoisotopic (exact) mass is 476 g/mol. The number of para-hydroxylation sites is 1. The molecule has 3 aromatic rings. The minimum atomic E-state index is -0.704. The molecule has 0 unspecified atom stereocenters. The van der Waals surface area contributed by atoms with Crippen molar-refractivity contribution in [2.24, 2.45) is 4.99 Å². The van der Waals surface area contributed by atoms with Crippen LogP contribution < -0.4 is 19.6 Å². The molecule has 4 rings (SSSR count). The van der Waals surface area contributed by atoms with Crippen LogP contribution in [0.25, 0.3) is 6.08 Å². The molecule has 2 heterocycles. The number of hydrogen-bond acceptors (Lipinski definition) is 6. The summed E-state index contributed by atoms with van der Waals surface area (Å²) in [6.45, 7) is 9.66. The van der Waals surface area contributed by atoms with Crippen LogP contribution in [-0.2, 0) is 9.53 Å². The number of hydrogen-bond donors (Lipinski definition) is 0. The number of benzene rings is 2. The molecule has 6 nitrogen and oxygen atoms in total. The molecule has 0 aliphatic carbocycles. The SMILES string of the molecule is CCOC(=O)C1=C(C)N=c2s/c(=C/c3ccccc3C)c(=O)n2[C@H]1c1ccccc1OC(C)C. The summed E-state index contributed by atoms with van der Waals surface area (Å²) in [4.78, 5) is 32.0. The van der Waals surface area contributed by atoms with Crippen molar-refractivity contribution < 1.29 is 14.3 Å². The fourth-order valence-corrected chi connectivity index (χ4v) is 5.08. The zero-order valence-electron chi connectivity index (χ0n) is 20.0. The average Bonchev–Trinajstić information content (AvgIpc) is 3.09. The van der Waals surface area contributed by atoms with E-state index in [2.05, 4.69) is 4.99 Å². The van der Waals surface area contributed by atoms with Crippen LogP contribution in [-0.4, -0.2) is 23.2 Å². The van der Waals surface area contributed by atoms with Gasteiger partial charge in [0, 0.05) is 5.56 Å². The maximum atomic E-state index is 13.7. The van der Waals surface area contributed by atoms with E-state index in [9.17, 15) is 9.59 Å². The van der Waals surface area contributed by atoms with Crippen molar-refractivity contribution in [2.45, 2.75) is 46.8 Å². The third kappa shape index (κ3) is 4.48. The first kappa shape index (κ1) is 23.7. The number of aromatic nitrogens is 1. The maximum absolute atomic E-state index is 13.7. The van der Waals surface area contributed by atoms with Crippen molar-refractivity contribution >= 4 is 23.4 Å². The third-order valence-electron chi connectivity index (χ3n) is 5.57. The highest BCUT2D eigenvalue weighted by Crippen LogP contribution is 2.36. The number of thiazole rings is 1. The van der Waals surface area contributed by atoms with Gasteiger partial charge in [-0.15, -0.1) is 0 Å². The largest absolute Gasteiger partial charge is 0.491 e. The third-order valence-corrected chi connectivity index (χ3v) is 6.55. The molecule has 176 valence electrons. The molecule has 1 aliphatic heterocycles. The topological polar surface area (TPSA) is 69.9 Å². The van der Waals surface area contributed by atoms with Crippen molar-refractivity contribution in [2.75, 3.05) is 6.61 Å². The molecule has 2 aromatic carbocycles. The molecule has 0 saturated heterocycles. The van der Waals surface area contributed by atoms with Gasteiger partial charge in [0.15, 0.2) is 4.80 Å². The van der Waals surface area contributed by atoms with Crippen LogP contribution in [0.3, 0.4) is 0 Å². The minimum Gasteiger partial charge on any atom is -0.491 e. The number of aryl methyl sites for hydroxylation is 1. The maximum Gasteiger partial charge on any atom is 0.338 e. The summed E-state index contributed by atoms with van der Waals surface area (Å²) in [7, 11) is 0. The van der Waals surface area contributed by atoms with E-state index < -0.39 is 12.0 Å². The zero-order chi connectivity index (χ0) is 24.4. The van der Waals surface area contributed by atoms with Gasteiger partial charge in [0.2, 0.25) is 0 Å². The van der Waals surface area contributed by atoms with Gasteiger partial charge in [0.05, 0.1) is 28.5 Å². The minimum absolute atomic E-state index is 0.0748. The highest BCUT2D eigenvalue weighted by atomic mass is 32.1. The van der Waals surface area contributed by atoms with Gasteiger partial charge in [-0.3, -0.25) is 9.36 Å². The van der Waals surface area contributed by atoms with Gasteiger partial charge < -0.3 is 9.47 Å². The summed E-state index contributed by atoms with van der Waals surface area (Å²) in [5.41, 5.74) is 3.43. The van der Waals surface area contributed by atoms with E-state index in [4.69, 9.17) is 9.47 Å². The van der Waals surface area contributed by atoms with Gasteiger partial charge in [-0.2, -0.15) is 0 Å². The molecule has 34 heavy (non-hydrogen) atoms. The molecule has 1 aromatic heterocycles. The molecule has 0 N–H and O–H groups in total. The summed E-state index contributed by atoms with van der Waals surface area (Å²) in [5, 5.41) is 0. The Morgan fingerprint density at radius 1 is 1.15 bits per heavy atom. The molecule has 0 fully saturated rings. The van der Waals surface area contributed by atoms with Gasteiger partial charge in [-0.25, -0.2) is 9.79 Å². The second kappa shape index (κ2) is 9.81. The van der Waals surface area contributed by atoms with Gasteiger partial charge >= 0.3 is 5.97 Å². The molecular weight excluding hydrogens is 448 g/mol. The molecule has 1 aliphatic rings. The number of allylic oxidation sites excluding steroid dienone is 1. The predicted octanol–water partition coefficient (Wildman–Crippen LogP) is 3.89. The van der Waals surface area contributed by atoms with E-state index in [1.54, 1.807) is 18.4 Å². The van der Waals surface area contributed by atoms with Crippen molar-refractivity contribution in [1.82, 2.24) is 4.57 Å². The highest BCUT2D eigenvalue weighted by Gasteiger charge is 2.35. The van der Waals surface area contributed by atoms with E-state index >= 15 is 0 Å². The van der Waals surface area contributed by atoms with E-state index in [1.807, 2.05) is 75.4 Å². The number of carbonyl (C=O) groups is 1. The summed E-state index contributed by atoms with van der Waals surface area (Å²) in [6.07, 6.45) is 1.81. The summed E-state index contributed by atoms with van der Waals surface area (Å²) in [6, 6.07) is 14.7. The fraction of sp³-hybridized carbons (Fsp3) is 0.296. The Kier molecular flexibility index (Phi) is 6.84. The van der Waals surface area contributed by atoms with Crippen LogP contribution in [0.1, 0.15) is 50.4 Å². The molecule has 0 spiro atoms. The van der Waals surface area contributed by atoms with Crippen molar-refractivity contribution in [3.8, 4) is 5.75 Å². The number of nitrogens with zero attached hydrogens (tertiary/aromatic N) is 2. The number of fused-ring (bicyclic) bond motifs is 1. The zero-order valence-corrected chi connectivity index (χ0v) is 20.8. The lowest BCUT2D eigenvalue weighted by atomic mass is 9.95. The summed E-state index contributed by atoms with van der Waals surface area (Å²) < 4.78 is 13.6. The second-order valence-corrected chi connectivity index (χ2v) is 9.37. The predicted molar refractivity (Wildman–Crippen MR) is 134 cm³/mol. The second-order valence-electron chi connectivity index (χ2n) is 8.36. The number of esters is 1. The van der Waals surface area contributed by atoms with E-state index in [0.29, 0.717) is 26.4 Å². The smallest absolute Gasteiger partial charge is 0.338 e. The molecule has 1 atom stereocenters. The first-order valence-corrected chi connectivity index (χ1v) is 12.1. The lowest BCUT2D eigenvalue weighted by Gasteiger charge is -2.26. The van der Waals surface area contributed by atoms with Gasteiger partial charge in [-0.05, 0) is 57.9 Å². The van der Waals surface area contributed by atoms with Crippen LogP contribution in [0.2, 0.25) is 0 Å². The van der Waals surface area contributed by atoms with Gasteiger partial charge in [-0.1, -0.05) is 53.8 Å². The lowest BCUT2D eigenvalue weighted by molar-refractivity contribution is -0.139. The Morgan fingerprint density at radius 3 is 2.56 bits per heavy atom. The Bertz CT molecular complexity index is 1450. The van der Waals surface area contributed by atoms with E-state index in [0.717, 1.165) is 16.7 Å². The Morgan fingerprint density at radius 2 is 1.85 bits per heavy atom. The standard InChI is InChI=1S/C27H28N2O4S/c1-6-32-26(31)23-18(5)28-27-29(24(23)20-13-9-10-14-21(20)33-16(2)3)25(30)22(34-27)15-19-12-8-7-11-17(19)4/h7-16,24H,6H2,1-5H3/b22-15+/t24-/m0/s1. The summed E-state index contributed by atoms with van der Waals surface area (Å²) >= 11 is 1.32. The molecule has 0 saturated carbocycles. The number of rotatable bonds is 6. The van der Waals surface area contributed by atoms with E-state index in [1.165, 1.54) is 11.3 Å². The highest BCUT2D eigenvalue weighted by molar-refractivity contribution is 7.07. The quantitative estimate of drug-likeness (QED) is 0.506. The molecule has 7 heteroatoms. The van der Waals surface area contributed by atoms with Crippen molar-refractivity contribution in [3.63, 3.8) is 0 Å². The number of carbonyl (C=O) groups excluding carboxylic acids is 1. The van der Waals surface area contributed by atoms with Crippen LogP contribution in [0, 0.1) is 6.92 Å². The normalized spacial score (nSPS) is 15.8. The van der Waals surface area contributed by atoms with Crippen LogP contribution in [0.15, 0.2) is 69.6 Å². The van der Waals surface area contributed by atoms with E-state index in [-0.39, 0.29) is 18.3 Å². The Hall–Kier alpha value is -3.45. The van der Waals surface area contributed by atoms with Crippen LogP contribution in [0.5, 0.6) is 5.75 Å². The van der Waals surface area contributed by atoms with Crippen molar-refractivity contribution in [3.05, 3.63) is 96.2 Å². The average molecular weight is 477 g/mol. The van der Waals surface area contributed by atoms with Crippen LogP contribution >= 0.6 is 11.3 Å². The Balaban J connectivity index is 2.00. The molecule has 0 radical (unpaired) electrons. The molecular formula is C27H28N2O4S.